The number of nitrogens with zero attached hydrogens (tertiary/aromatic N) is 5. The molecule has 2 aromatic heterocycles. The third kappa shape index (κ3) is 2.40. The molecular weight excluding hydrogens is 330 g/mol. The van der Waals surface area contributed by atoms with Crippen molar-refractivity contribution in [3.8, 4) is 11.5 Å². The van der Waals surface area contributed by atoms with Crippen LogP contribution < -0.4 is 4.90 Å². The number of imide groups is 1. The fourth-order valence-corrected chi connectivity index (χ4v) is 3.04. The van der Waals surface area contributed by atoms with Crippen LogP contribution in [0.1, 0.15) is 46.2 Å². The maximum Gasteiger partial charge on any atom is 0.267 e. The van der Waals surface area contributed by atoms with Gasteiger partial charge in [-0.3, -0.25) is 9.59 Å². The Kier molecular flexibility index (Phi) is 3.64. The fourth-order valence-electron chi connectivity index (χ4n) is 3.04. The molecule has 130 valence electrons. The van der Waals surface area contributed by atoms with E-state index in [4.69, 9.17) is 0 Å². The molecule has 4 rings (SSSR count). The monoisotopic (exact) mass is 347 g/mol. The largest absolute Gasteiger partial charge is 0.310 e. The minimum atomic E-state index is -0.361. The molecule has 0 fully saturated rings. The highest BCUT2D eigenvalue weighted by molar-refractivity contribution is 6.34. The molecule has 0 spiro atoms. The van der Waals surface area contributed by atoms with Gasteiger partial charge < -0.3 is 4.57 Å². The summed E-state index contributed by atoms with van der Waals surface area (Å²) >= 11 is 0. The summed E-state index contributed by atoms with van der Waals surface area (Å²) in [7, 11) is 0. The van der Waals surface area contributed by atoms with E-state index in [1.807, 2.05) is 31.4 Å². The first-order valence-corrected chi connectivity index (χ1v) is 8.33. The molecular formula is C19H17N5O2. The Morgan fingerprint density at radius 3 is 2.54 bits per heavy atom. The molecule has 1 aliphatic heterocycles. The highest BCUT2D eigenvalue weighted by atomic mass is 16.2. The Bertz CT molecular complexity index is 1040. The van der Waals surface area contributed by atoms with Gasteiger partial charge in [-0.05, 0) is 45.0 Å². The van der Waals surface area contributed by atoms with Gasteiger partial charge in [0, 0.05) is 6.04 Å². The van der Waals surface area contributed by atoms with Crippen molar-refractivity contribution in [3.05, 3.63) is 59.4 Å². The van der Waals surface area contributed by atoms with E-state index in [0.29, 0.717) is 22.6 Å². The topological polar surface area (TPSA) is 81.0 Å². The average Bonchev–Trinajstić information content (AvgIpc) is 3.20. The van der Waals surface area contributed by atoms with Gasteiger partial charge in [-0.15, -0.1) is 10.2 Å². The number of aromatic nitrogens is 4. The molecule has 0 radical (unpaired) electrons. The van der Waals surface area contributed by atoms with Crippen molar-refractivity contribution >= 4 is 17.6 Å². The number of rotatable bonds is 3. The van der Waals surface area contributed by atoms with E-state index >= 15 is 0 Å². The van der Waals surface area contributed by atoms with Gasteiger partial charge in [0.1, 0.15) is 17.8 Å². The lowest BCUT2D eigenvalue weighted by Gasteiger charge is -2.14. The molecule has 0 atom stereocenters. The van der Waals surface area contributed by atoms with Crippen molar-refractivity contribution in [1.82, 2.24) is 19.7 Å². The van der Waals surface area contributed by atoms with Crippen LogP contribution in [0.4, 0.5) is 5.82 Å². The molecule has 0 bridgehead atoms. The lowest BCUT2D eigenvalue weighted by atomic mass is 10.1. The number of pyridine rings is 1. The van der Waals surface area contributed by atoms with Gasteiger partial charge in [0.2, 0.25) is 0 Å². The van der Waals surface area contributed by atoms with Gasteiger partial charge in [0.05, 0.1) is 11.1 Å². The van der Waals surface area contributed by atoms with E-state index in [-0.39, 0.29) is 23.7 Å². The fraction of sp³-hybridized carbons (Fsp3) is 0.211. The number of hydrogen-bond acceptors (Lipinski definition) is 5. The predicted octanol–water partition coefficient (Wildman–Crippen LogP) is 3.03. The number of benzene rings is 1. The van der Waals surface area contributed by atoms with E-state index in [1.54, 1.807) is 36.7 Å². The second-order valence-electron chi connectivity index (χ2n) is 6.53. The summed E-state index contributed by atoms with van der Waals surface area (Å²) in [4.78, 5) is 31.1. The zero-order valence-electron chi connectivity index (χ0n) is 14.7. The first kappa shape index (κ1) is 16.1. The van der Waals surface area contributed by atoms with Gasteiger partial charge in [0.15, 0.2) is 5.82 Å². The molecule has 7 heteroatoms. The maximum absolute atomic E-state index is 12.8. The van der Waals surface area contributed by atoms with Crippen molar-refractivity contribution in [2.24, 2.45) is 0 Å². The predicted molar refractivity (Wildman–Crippen MR) is 96.0 cm³/mol. The highest BCUT2D eigenvalue weighted by Gasteiger charge is 2.37. The van der Waals surface area contributed by atoms with Crippen LogP contribution in [0, 0.1) is 6.92 Å². The molecule has 2 amide bonds. The summed E-state index contributed by atoms with van der Waals surface area (Å²) < 4.78 is 1.89. The quantitative estimate of drug-likeness (QED) is 0.680. The molecule has 0 aliphatic carbocycles. The highest BCUT2D eigenvalue weighted by Crippen LogP contribution is 2.29. The van der Waals surface area contributed by atoms with Crippen molar-refractivity contribution < 1.29 is 9.59 Å². The minimum absolute atomic E-state index is 0.160. The van der Waals surface area contributed by atoms with Crippen molar-refractivity contribution in [1.29, 1.82) is 0 Å². The molecule has 1 aliphatic rings. The molecule has 7 nitrogen and oxygen atoms in total. The molecule has 0 saturated carbocycles. The van der Waals surface area contributed by atoms with Gasteiger partial charge >= 0.3 is 0 Å². The lowest BCUT2D eigenvalue weighted by Crippen LogP contribution is -2.30. The number of fused-ring (bicyclic) bond motifs is 1. The zero-order valence-corrected chi connectivity index (χ0v) is 14.7. The summed E-state index contributed by atoms with van der Waals surface area (Å²) in [5, 5.41) is 8.07. The first-order valence-electron chi connectivity index (χ1n) is 8.33. The van der Waals surface area contributed by atoms with Gasteiger partial charge in [0.25, 0.3) is 11.8 Å². The Labute approximate surface area is 150 Å². The number of amides is 2. The van der Waals surface area contributed by atoms with Crippen LogP contribution in [-0.2, 0) is 0 Å². The molecule has 1 aromatic carbocycles. The van der Waals surface area contributed by atoms with E-state index < -0.39 is 0 Å². The summed E-state index contributed by atoms with van der Waals surface area (Å²) in [5.74, 6) is 0.155. The van der Waals surface area contributed by atoms with E-state index in [9.17, 15) is 9.59 Å². The molecule has 3 heterocycles. The van der Waals surface area contributed by atoms with Crippen LogP contribution in [0.5, 0.6) is 0 Å². The Morgan fingerprint density at radius 2 is 1.77 bits per heavy atom. The normalized spacial score (nSPS) is 13.6. The van der Waals surface area contributed by atoms with Crippen LogP contribution in [0.15, 0.2) is 42.7 Å². The molecule has 26 heavy (non-hydrogen) atoms. The summed E-state index contributed by atoms with van der Waals surface area (Å²) in [6.45, 7) is 5.92. The SMILES string of the molecule is Cc1ccc2c(c1)C(=O)N(c1cccc(-c3nncn3C(C)C)n1)C2=O. The Balaban J connectivity index is 1.77. The van der Waals surface area contributed by atoms with Crippen molar-refractivity contribution in [2.45, 2.75) is 26.8 Å². The van der Waals surface area contributed by atoms with Crippen LogP contribution >= 0.6 is 0 Å². The van der Waals surface area contributed by atoms with Crippen molar-refractivity contribution in [3.63, 3.8) is 0 Å². The molecule has 0 saturated heterocycles. The standard InChI is InChI=1S/C19H17N5O2/c1-11(2)23-10-20-22-17(23)15-5-4-6-16(21-15)24-18(25)13-8-7-12(3)9-14(13)19(24)26/h4-11H,1-3H3. The second kappa shape index (κ2) is 5.87. The number of aryl methyl sites for hydroxylation is 1. The minimum Gasteiger partial charge on any atom is -0.310 e. The van der Waals surface area contributed by atoms with Crippen molar-refractivity contribution in [2.75, 3.05) is 4.90 Å². The third-order valence-electron chi connectivity index (χ3n) is 4.36. The maximum atomic E-state index is 12.8. The van der Waals surface area contributed by atoms with E-state index in [2.05, 4.69) is 15.2 Å². The molecule has 3 aromatic rings. The third-order valence-corrected chi connectivity index (χ3v) is 4.36. The summed E-state index contributed by atoms with van der Waals surface area (Å²) in [6, 6.07) is 10.6. The van der Waals surface area contributed by atoms with Crippen LogP contribution in [0.3, 0.4) is 0 Å². The number of carbonyl (C=O) groups excluding carboxylic acids is 2. The molecule has 0 unspecified atom stereocenters. The van der Waals surface area contributed by atoms with E-state index in [1.165, 1.54) is 0 Å². The number of carbonyl (C=O) groups is 2. The molecule has 0 N–H and O–H groups in total. The first-order chi connectivity index (χ1) is 12.5. The summed E-state index contributed by atoms with van der Waals surface area (Å²) in [6.07, 6.45) is 1.64. The van der Waals surface area contributed by atoms with E-state index in [0.717, 1.165) is 10.5 Å². The van der Waals surface area contributed by atoms with Gasteiger partial charge in [-0.2, -0.15) is 0 Å². The van der Waals surface area contributed by atoms with Crippen LogP contribution in [0.2, 0.25) is 0 Å². The second-order valence-corrected chi connectivity index (χ2v) is 6.53. The van der Waals surface area contributed by atoms with Crippen LogP contribution in [-0.4, -0.2) is 31.6 Å². The van der Waals surface area contributed by atoms with Gasteiger partial charge in [-0.1, -0.05) is 17.7 Å². The smallest absolute Gasteiger partial charge is 0.267 e. The number of hydrogen-bond donors (Lipinski definition) is 0. The number of anilines is 1. The van der Waals surface area contributed by atoms with Crippen LogP contribution in [0.25, 0.3) is 11.5 Å². The Hall–Kier alpha value is -3.35. The average molecular weight is 347 g/mol. The summed E-state index contributed by atoms with van der Waals surface area (Å²) in [5.41, 5.74) is 2.30. The zero-order chi connectivity index (χ0) is 18.4. The Morgan fingerprint density at radius 1 is 1.00 bits per heavy atom. The van der Waals surface area contributed by atoms with Gasteiger partial charge in [-0.25, -0.2) is 9.88 Å². The lowest BCUT2D eigenvalue weighted by molar-refractivity contribution is 0.0925.